The van der Waals surface area contributed by atoms with E-state index >= 15 is 0 Å². The molecule has 2 rings (SSSR count). The lowest BCUT2D eigenvalue weighted by Crippen LogP contribution is -2.25. The molecule has 0 radical (unpaired) electrons. The standard InChI is InChI=1S/C17H18Br2N4O3S2/c1-10-4-5-12(28(25,26)23(2)3)8-15(10)21-17(27)22-20-9-11-6-13(18)16(24)14(19)7-11/h4-9,24H,1-3H3,(H2,21,22,27)/b20-9-. The molecule has 3 N–H and O–H groups in total. The first kappa shape index (κ1) is 22.8. The molecule has 0 heterocycles. The van der Waals surface area contributed by atoms with Crippen LogP contribution in [-0.4, -0.2) is 43.3 Å². The lowest BCUT2D eigenvalue weighted by Gasteiger charge is -2.15. The van der Waals surface area contributed by atoms with Crippen molar-refractivity contribution in [1.82, 2.24) is 9.73 Å². The first-order valence-corrected chi connectivity index (χ1v) is 11.3. The number of nitrogens with zero attached hydrogens (tertiary/aromatic N) is 2. The van der Waals surface area contributed by atoms with E-state index in [1.165, 1.54) is 26.4 Å². The number of phenols is 1. The highest BCUT2D eigenvalue weighted by Crippen LogP contribution is 2.32. The number of thiocarbonyl (C=S) groups is 1. The van der Waals surface area contributed by atoms with E-state index in [0.717, 1.165) is 15.4 Å². The van der Waals surface area contributed by atoms with Gasteiger partial charge in [-0.15, -0.1) is 0 Å². The first-order valence-electron chi connectivity index (χ1n) is 7.83. The van der Waals surface area contributed by atoms with Crippen LogP contribution in [0.1, 0.15) is 11.1 Å². The summed E-state index contributed by atoms with van der Waals surface area (Å²) in [6.45, 7) is 1.84. The average Bonchev–Trinajstić information content (AvgIpc) is 2.61. The van der Waals surface area contributed by atoms with Gasteiger partial charge in [-0.2, -0.15) is 5.10 Å². The number of halogens is 2. The molecule has 0 spiro atoms. The molecule has 0 saturated carbocycles. The summed E-state index contributed by atoms with van der Waals surface area (Å²) in [6, 6.07) is 8.17. The number of hydrogen-bond donors (Lipinski definition) is 3. The molecule has 0 atom stereocenters. The van der Waals surface area contributed by atoms with Crippen molar-refractivity contribution in [3.8, 4) is 5.75 Å². The molecule has 0 saturated heterocycles. The molecule has 0 aliphatic rings. The van der Waals surface area contributed by atoms with Gasteiger partial charge in [-0.25, -0.2) is 12.7 Å². The molecule has 28 heavy (non-hydrogen) atoms. The number of anilines is 1. The van der Waals surface area contributed by atoms with Gasteiger partial charge < -0.3 is 10.4 Å². The number of hydrogen-bond acceptors (Lipinski definition) is 5. The zero-order valence-corrected chi connectivity index (χ0v) is 20.0. The smallest absolute Gasteiger partial charge is 0.242 e. The number of nitrogens with one attached hydrogen (secondary N) is 2. The molecule has 0 unspecified atom stereocenters. The Balaban J connectivity index is 2.11. The fourth-order valence-electron chi connectivity index (χ4n) is 2.08. The Kier molecular flexibility index (Phi) is 7.57. The van der Waals surface area contributed by atoms with Gasteiger partial charge in [0.25, 0.3) is 0 Å². The van der Waals surface area contributed by atoms with Crippen LogP contribution in [0.25, 0.3) is 0 Å². The maximum Gasteiger partial charge on any atom is 0.242 e. The third-order valence-corrected chi connectivity index (χ3v) is 6.87. The number of phenolic OH excluding ortho intramolecular Hbond substituents is 1. The van der Waals surface area contributed by atoms with Gasteiger partial charge in [-0.1, -0.05) is 6.07 Å². The lowest BCUT2D eigenvalue weighted by molar-refractivity contribution is 0.468. The number of rotatable bonds is 5. The average molecular weight is 550 g/mol. The van der Waals surface area contributed by atoms with Crippen LogP contribution < -0.4 is 10.7 Å². The molecule has 11 heteroatoms. The van der Waals surface area contributed by atoms with Crippen LogP contribution in [0.3, 0.4) is 0 Å². The van der Waals surface area contributed by atoms with Crippen molar-refractivity contribution in [2.45, 2.75) is 11.8 Å². The predicted molar refractivity (Wildman–Crippen MR) is 123 cm³/mol. The summed E-state index contributed by atoms with van der Waals surface area (Å²) in [5.41, 5.74) is 4.79. The maximum atomic E-state index is 12.3. The second-order valence-corrected chi connectivity index (χ2v) is 10.2. The van der Waals surface area contributed by atoms with Crippen LogP contribution in [0.2, 0.25) is 0 Å². The predicted octanol–water partition coefficient (Wildman–Crippen LogP) is 3.80. The Labute approximate surface area is 186 Å². The quantitative estimate of drug-likeness (QED) is 0.298. The molecule has 0 bridgehead atoms. The van der Waals surface area contributed by atoms with Crippen molar-refractivity contribution >= 4 is 71.1 Å². The summed E-state index contributed by atoms with van der Waals surface area (Å²) in [6.07, 6.45) is 1.53. The first-order chi connectivity index (χ1) is 13.0. The second kappa shape index (κ2) is 9.31. The number of sulfonamides is 1. The zero-order valence-electron chi connectivity index (χ0n) is 15.2. The normalized spacial score (nSPS) is 11.8. The monoisotopic (exact) mass is 548 g/mol. The Morgan fingerprint density at radius 1 is 1.21 bits per heavy atom. The molecular formula is C17H18Br2N4O3S2. The Bertz CT molecular complexity index is 1020. The molecule has 150 valence electrons. The van der Waals surface area contributed by atoms with Crippen molar-refractivity contribution in [3.05, 3.63) is 50.4 Å². The number of hydrazone groups is 1. The van der Waals surface area contributed by atoms with E-state index < -0.39 is 10.0 Å². The molecule has 2 aromatic rings. The van der Waals surface area contributed by atoms with E-state index in [0.29, 0.717) is 14.6 Å². The van der Waals surface area contributed by atoms with Crippen molar-refractivity contribution in [2.75, 3.05) is 19.4 Å². The van der Waals surface area contributed by atoms with E-state index in [2.05, 4.69) is 47.7 Å². The second-order valence-electron chi connectivity index (χ2n) is 5.92. The number of benzene rings is 2. The number of aromatic hydroxyl groups is 1. The van der Waals surface area contributed by atoms with E-state index in [-0.39, 0.29) is 15.8 Å². The third kappa shape index (κ3) is 5.51. The highest BCUT2D eigenvalue weighted by molar-refractivity contribution is 9.11. The molecule has 7 nitrogen and oxygen atoms in total. The third-order valence-electron chi connectivity index (χ3n) is 3.65. The van der Waals surface area contributed by atoms with Gasteiger partial charge in [0.1, 0.15) is 5.75 Å². The minimum atomic E-state index is -3.55. The molecule has 2 aromatic carbocycles. The van der Waals surface area contributed by atoms with E-state index in [4.69, 9.17) is 12.2 Å². The molecule has 0 aliphatic carbocycles. The Morgan fingerprint density at radius 3 is 2.39 bits per heavy atom. The number of aryl methyl sites for hydroxylation is 1. The highest BCUT2D eigenvalue weighted by Gasteiger charge is 2.18. The summed E-state index contributed by atoms with van der Waals surface area (Å²) in [4.78, 5) is 0.163. The summed E-state index contributed by atoms with van der Waals surface area (Å²) in [5, 5.41) is 16.9. The van der Waals surface area contributed by atoms with Crippen LogP contribution in [0.15, 0.2) is 49.3 Å². The van der Waals surface area contributed by atoms with Crippen molar-refractivity contribution in [2.24, 2.45) is 5.10 Å². The van der Waals surface area contributed by atoms with Gasteiger partial charge in [0.05, 0.1) is 20.1 Å². The van der Waals surface area contributed by atoms with Crippen LogP contribution in [-0.2, 0) is 10.0 Å². The minimum Gasteiger partial charge on any atom is -0.506 e. The van der Waals surface area contributed by atoms with Crippen molar-refractivity contribution in [3.63, 3.8) is 0 Å². The van der Waals surface area contributed by atoms with Crippen LogP contribution in [0, 0.1) is 6.92 Å². The zero-order chi connectivity index (χ0) is 21.1. The molecule has 0 aliphatic heterocycles. The van der Waals surface area contributed by atoms with Crippen molar-refractivity contribution < 1.29 is 13.5 Å². The Hall–Kier alpha value is -1.53. The topological polar surface area (TPSA) is 94.0 Å². The van der Waals surface area contributed by atoms with Crippen LogP contribution in [0.5, 0.6) is 5.75 Å². The van der Waals surface area contributed by atoms with Crippen LogP contribution >= 0.6 is 44.1 Å². The fourth-order valence-corrected chi connectivity index (χ4v) is 4.40. The summed E-state index contributed by atoms with van der Waals surface area (Å²) in [5.74, 6) is 0.102. The largest absolute Gasteiger partial charge is 0.506 e. The molecule has 0 amide bonds. The van der Waals surface area contributed by atoms with Gasteiger partial charge in [-0.3, -0.25) is 5.43 Å². The Morgan fingerprint density at radius 2 is 1.82 bits per heavy atom. The molecule has 0 fully saturated rings. The van der Waals surface area contributed by atoms with Crippen LogP contribution in [0.4, 0.5) is 5.69 Å². The van der Waals surface area contributed by atoms with E-state index in [1.807, 2.05) is 6.92 Å². The van der Waals surface area contributed by atoms with Gasteiger partial charge in [-0.05, 0) is 86.4 Å². The molecular weight excluding hydrogens is 532 g/mol. The van der Waals surface area contributed by atoms with E-state index in [9.17, 15) is 13.5 Å². The van der Waals surface area contributed by atoms with Gasteiger partial charge >= 0.3 is 0 Å². The summed E-state index contributed by atoms with van der Waals surface area (Å²) >= 11 is 11.7. The SMILES string of the molecule is Cc1ccc(S(=O)(=O)N(C)C)cc1NC(=S)N/N=C\c1cc(Br)c(O)c(Br)c1. The summed E-state index contributed by atoms with van der Waals surface area (Å²) in [7, 11) is -0.595. The highest BCUT2D eigenvalue weighted by atomic mass is 79.9. The van der Waals surface area contributed by atoms with Gasteiger partial charge in [0, 0.05) is 19.8 Å². The fraction of sp³-hybridized carbons (Fsp3) is 0.176. The molecule has 0 aromatic heterocycles. The maximum absolute atomic E-state index is 12.3. The van der Waals surface area contributed by atoms with Crippen molar-refractivity contribution in [1.29, 1.82) is 0 Å². The van der Waals surface area contributed by atoms with Gasteiger partial charge in [0.15, 0.2) is 5.11 Å². The van der Waals surface area contributed by atoms with E-state index in [1.54, 1.807) is 24.3 Å². The minimum absolute atomic E-state index is 0.102. The van der Waals surface area contributed by atoms with Gasteiger partial charge in [0.2, 0.25) is 10.0 Å². The lowest BCUT2D eigenvalue weighted by atomic mass is 10.2. The summed E-state index contributed by atoms with van der Waals surface area (Å²) < 4.78 is 26.8.